The Labute approximate surface area is 170 Å². The molecule has 4 nitrogen and oxygen atoms in total. The summed E-state index contributed by atoms with van der Waals surface area (Å²) in [6.45, 7) is 2.48. The van der Waals surface area contributed by atoms with Crippen molar-refractivity contribution in [3.63, 3.8) is 0 Å². The van der Waals surface area contributed by atoms with Crippen molar-refractivity contribution in [3.05, 3.63) is 102 Å². The van der Waals surface area contributed by atoms with Crippen LogP contribution in [0.15, 0.2) is 84.9 Å². The molecule has 0 bridgehead atoms. The first kappa shape index (κ1) is 20.6. The molecule has 0 aromatic heterocycles. The van der Waals surface area contributed by atoms with Gasteiger partial charge in [-0.2, -0.15) is 0 Å². The predicted octanol–water partition coefficient (Wildman–Crippen LogP) is 4.09. The molecule has 29 heavy (non-hydrogen) atoms. The minimum atomic E-state index is -0.422. The van der Waals surface area contributed by atoms with Gasteiger partial charge >= 0.3 is 0 Å². The van der Waals surface area contributed by atoms with Crippen molar-refractivity contribution in [1.82, 2.24) is 10.6 Å². The summed E-state index contributed by atoms with van der Waals surface area (Å²) in [6.07, 6.45) is 0. The summed E-state index contributed by atoms with van der Waals surface area (Å²) < 4.78 is 19.0. The zero-order valence-electron chi connectivity index (χ0n) is 16.3. The van der Waals surface area contributed by atoms with Crippen LogP contribution in [0.4, 0.5) is 4.39 Å². The minimum Gasteiger partial charge on any atom is -0.489 e. The second-order valence-corrected chi connectivity index (χ2v) is 6.72. The molecule has 1 atom stereocenters. The van der Waals surface area contributed by atoms with Crippen molar-refractivity contribution < 1.29 is 13.9 Å². The molecule has 0 unspecified atom stereocenters. The SMILES string of the molecule is C[C@H](NCCOc1ccccc1F)C(=O)NC(c1ccccc1)c1ccccc1. The molecular formula is C24H25FN2O2. The normalized spacial score (nSPS) is 11.8. The summed E-state index contributed by atoms with van der Waals surface area (Å²) in [5, 5.41) is 6.24. The van der Waals surface area contributed by atoms with Gasteiger partial charge in [0.15, 0.2) is 11.6 Å². The molecule has 0 aliphatic heterocycles. The summed E-state index contributed by atoms with van der Waals surface area (Å²) in [5.74, 6) is -0.305. The minimum absolute atomic E-state index is 0.117. The molecule has 0 saturated heterocycles. The van der Waals surface area contributed by atoms with E-state index in [1.54, 1.807) is 25.1 Å². The fourth-order valence-corrected chi connectivity index (χ4v) is 3.01. The Morgan fingerprint density at radius 1 is 0.897 bits per heavy atom. The van der Waals surface area contributed by atoms with Crippen LogP contribution in [-0.4, -0.2) is 25.1 Å². The highest BCUT2D eigenvalue weighted by Gasteiger charge is 2.20. The number of nitrogens with one attached hydrogen (secondary N) is 2. The maximum absolute atomic E-state index is 13.6. The van der Waals surface area contributed by atoms with Gasteiger partial charge in [-0.05, 0) is 30.2 Å². The van der Waals surface area contributed by atoms with E-state index in [9.17, 15) is 9.18 Å². The van der Waals surface area contributed by atoms with Crippen molar-refractivity contribution in [2.75, 3.05) is 13.2 Å². The topological polar surface area (TPSA) is 50.4 Å². The van der Waals surface area contributed by atoms with Gasteiger partial charge in [0.25, 0.3) is 0 Å². The van der Waals surface area contributed by atoms with Crippen LogP contribution in [0.25, 0.3) is 0 Å². The highest BCUT2D eigenvalue weighted by Crippen LogP contribution is 2.21. The molecule has 0 aliphatic carbocycles. The Morgan fingerprint density at radius 3 is 2.03 bits per heavy atom. The Morgan fingerprint density at radius 2 is 1.45 bits per heavy atom. The summed E-state index contributed by atoms with van der Waals surface area (Å²) in [6, 6.07) is 25.3. The lowest BCUT2D eigenvalue weighted by Gasteiger charge is -2.22. The van der Waals surface area contributed by atoms with E-state index in [0.717, 1.165) is 11.1 Å². The third kappa shape index (κ3) is 5.90. The largest absolute Gasteiger partial charge is 0.489 e. The van der Waals surface area contributed by atoms with Gasteiger partial charge in [0.05, 0.1) is 12.1 Å². The number of hydrogen-bond acceptors (Lipinski definition) is 3. The number of hydrogen-bond donors (Lipinski definition) is 2. The van der Waals surface area contributed by atoms with E-state index in [4.69, 9.17) is 4.74 Å². The predicted molar refractivity (Wildman–Crippen MR) is 112 cm³/mol. The molecule has 3 aromatic carbocycles. The Bertz CT molecular complexity index is 864. The first-order valence-corrected chi connectivity index (χ1v) is 9.66. The molecule has 150 valence electrons. The zero-order chi connectivity index (χ0) is 20.5. The third-order valence-corrected chi connectivity index (χ3v) is 4.59. The second-order valence-electron chi connectivity index (χ2n) is 6.72. The maximum atomic E-state index is 13.6. The maximum Gasteiger partial charge on any atom is 0.237 e. The highest BCUT2D eigenvalue weighted by atomic mass is 19.1. The van der Waals surface area contributed by atoms with Crippen LogP contribution in [0.2, 0.25) is 0 Å². The number of carbonyl (C=O) groups is 1. The molecule has 0 aliphatic rings. The van der Waals surface area contributed by atoms with Crippen LogP contribution in [0.5, 0.6) is 5.75 Å². The monoisotopic (exact) mass is 392 g/mol. The fraction of sp³-hybridized carbons (Fsp3) is 0.208. The van der Waals surface area contributed by atoms with Crippen molar-refractivity contribution in [2.24, 2.45) is 0 Å². The molecule has 0 fully saturated rings. The van der Waals surface area contributed by atoms with Crippen LogP contribution in [-0.2, 0) is 4.79 Å². The molecule has 3 aromatic rings. The van der Waals surface area contributed by atoms with Gasteiger partial charge in [-0.15, -0.1) is 0 Å². The molecule has 0 saturated carbocycles. The van der Waals surface area contributed by atoms with Gasteiger partial charge in [-0.1, -0.05) is 72.8 Å². The number of halogens is 1. The smallest absolute Gasteiger partial charge is 0.237 e. The van der Waals surface area contributed by atoms with E-state index in [0.29, 0.717) is 6.54 Å². The van der Waals surface area contributed by atoms with E-state index < -0.39 is 11.9 Å². The fourth-order valence-electron chi connectivity index (χ4n) is 3.01. The second kappa shape index (κ2) is 10.4. The summed E-state index contributed by atoms with van der Waals surface area (Å²) >= 11 is 0. The summed E-state index contributed by atoms with van der Waals surface area (Å²) in [4.78, 5) is 12.7. The summed E-state index contributed by atoms with van der Waals surface area (Å²) in [5.41, 5.74) is 2.03. The van der Waals surface area contributed by atoms with Gasteiger partial charge in [0, 0.05) is 6.54 Å². The number of benzene rings is 3. The van der Waals surface area contributed by atoms with E-state index in [-0.39, 0.29) is 24.3 Å². The first-order valence-electron chi connectivity index (χ1n) is 9.66. The Hall–Kier alpha value is -3.18. The molecular weight excluding hydrogens is 367 g/mol. The van der Waals surface area contributed by atoms with Crippen LogP contribution in [0.1, 0.15) is 24.1 Å². The molecule has 3 rings (SSSR count). The molecule has 0 heterocycles. The average molecular weight is 392 g/mol. The van der Waals surface area contributed by atoms with Gasteiger partial charge < -0.3 is 15.4 Å². The molecule has 5 heteroatoms. The number of carbonyl (C=O) groups excluding carboxylic acids is 1. The van der Waals surface area contributed by atoms with E-state index in [1.807, 2.05) is 60.7 Å². The van der Waals surface area contributed by atoms with Crippen molar-refractivity contribution in [1.29, 1.82) is 0 Å². The van der Waals surface area contributed by atoms with Crippen LogP contribution >= 0.6 is 0 Å². The van der Waals surface area contributed by atoms with Gasteiger partial charge in [0.1, 0.15) is 6.61 Å². The Kier molecular flexibility index (Phi) is 7.36. The number of rotatable bonds is 9. The first-order chi connectivity index (χ1) is 14.1. The zero-order valence-corrected chi connectivity index (χ0v) is 16.3. The number of amides is 1. The van der Waals surface area contributed by atoms with Crippen molar-refractivity contribution >= 4 is 5.91 Å². The lowest BCUT2D eigenvalue weighted by atomic mass is 9.98. The number of para-hydroxylation sites is 1. The molecule has 2 N–H and O–H groups in total. The summed E-state index contributed by atoms with van der Waals surface area (Å²) in [7, 11) is 0. The molecule has 1 amide bonds. The molecule has 0 radical (unpaired) electrons. The van der Waals surface area contributed by atoms with Crippen molar-refractivity contribution in [3.8, 4) is 5.75 Å². The quantitative estimate of drug-likeness (QED) is 0.540. The molecule has 0 spiro atoms. The van der Waals surface area contributed by atoms with Gasteiger partial charge in [-0.25, -0.2) is 4.39 Å². The van der Waals surface area contributed by atoms with Gasteiger partial charge in [0.2, 0.25) is 5.91 Å². The Balaban J connectivity index is 1.56. The highest BCUT2D eigenvalue weighted by molar-refractivity contribution is 5.82. The average Bonchev–Trinajstić information content (AvgIpc) is 2.77. The lowest BCUT2D eigenvalue weighted by Crippen LogP contribution is -2.44. The van der Waals surface area contributed by atoms with E-state index in [2.05, 4.69) is 10.6 Å². The van der Waals surface area contributed by atoms with E-state index in [1.165, 1.54) is 6.07 Å². The van der Waals surface area contributed by atoms with E-state index >= 15 is 0 Å². The number of ether oxygens (including phenoxy) is 1. The lowest BCUT2D eigenvalue weighted by molar-refractivity contribution is -0.123. The van der Waals surface area contributed by atoms with Crippen molar-refractivity contribution in [2.45, 2.75) is 19.0 Å². The van der Waals surface area contributed by atoms with Crippen LogP contribution < -0.4 is 15.4 Å². The van der Waals surface area contributed by atoms with Crippen LogP contribution in [0, 0.1) is 5.82 Å². The standard InChI is InChI=1S/C24H25FN2O2/c1-18(26-16-17-29-22-15-9-8-14-21(22)25)24(28)27-23(19-10-4-2-5-11-19)20-12-6-3-7-13-20/h2-15,18,23,26H,16-17H2,1H3,(H,27,28)/t18-/m0/s1. The third-order valence-electron chi connectivity index (χ3n) is 4.59. The van der Waals surface area contributed by atoms with Crippen LogP contribution in [0.3, 0.4) is 0 Å². The van der Waals surface area contributed by atoms with Gasteiger partial charge in [-0.3, -0.25) is 4.79 Å².